The maximum absolute atomic E-state index is 12.4. The summed E-state index contributed by atoms with van der Waals surface area (Å²) in [5.41, 5.74) is 1.08. The van der Waals surface area contributed by atoms with Crippen molar-refractivity contribution in [1.82, 2.24) is 0 Å². The maximum atomic E-state index is 12.4. The van der Waals surface area contributed by atoms with Crippen LogP contribution in [-0.2, 0) is 0 Å². The van der Waals surface area contributed by atoms with Crippen LogP contribution in [0.2, 0.25) is 0 Å². The Morgan fingerprint density at radius 1 is 1.04 bits per heavy atom. The quantitative estimate of drug-likeness (QED) is 0.801. The van der Waals surface area contributed by atoms with Gasteiger partial charge in [-0.15, -0.1) is 0 Å². The molecule has 0 fully saturated rings. The average molecular weight is 343 g/mol. The Kier molecular flexibility index (Phi) is 6.00. The summed E-state index contributed by atoms with van der Waals surface area (Å²) >= 11 is 0. The highest BCUT2D eigenvalue weighted by atomic mass is 16.5. The van der Waals surface area contributed by atoms with E-state index in [9.17, 15) is 9.59 Å². The Labute approximate surface area is 146 Å². The molecule has 0 aromatic heterocycles. The predicted molar refractivity (Wildman–Crippen MR) is 94.7 cm³/mol. The highest BCUT2D eigenvalue weighted by Crippen LogP contribution is 2.28. The van der Waals surface area contributed by atoms with Crippen molar-refractivity contribution in [3.8, 4) is 11.5 Å². The van der Waals surface area contributed by atoms with Crippen LogP contribution >= 0.6 is 0 Å². The molecule has 2 aromatic carbocycles. The number of methoxy groups -OCH3 is 1. The van der Waals surface area contributed by atoms with Crippen LogP contribution in [0.25, 0.3) is 0 Å². The molecule has 0 spiro atoms. The second-order valence-corrected chi connectivity index (χ2v) is 5.91. The molecule has 2 rings (SSSR count). The van der Waals surface area contributed by atoms with Crippen LogP contribution in [0.15, 0.2) is 42.5 Å². The molecule has 0 heterocycles. The molecule has 0 aliphatic heterocycles. The van der Waals surface area contributed by atoms with E-state index in [0.717, 1.165) is 0 Å². The number of nitrogens with one attached hydrogen (secondary N) is 1. The third-order valence-corrected chi connectivity index (χ3v) is 3.39. The first kappa shape index (κ1) is 18.3. The number of amides is 1. The highest BCUT2D eigenvalue weighted by molar-refractivity contribution is 6.04. The van der Waals surface area contributed by atoms with E-state index in [0.29, 0.717) is 35.3 Å². The standard InChI is InChI=1S/C19H21NO5/c1-12(2)11-25-16-9-6-14(10-17(16)24-3)18(21)20-15-7-4-13(5-8-15)19(22)23/h4-10,12H,11H2,1-3H3,(H,20,21)(H,22,23). The molecule has 6 heteroatoms. The van der Waals surface area contributed by atoms with Gasteiger partial charge in [-0.05, 0) is 48.4 Å². The molecule has 6 nitrogen and oxygen atoms in total. The molecule has 25 heavy (non-hydrogen) atoms. The summed E-state index contributed by atoms with van der Waals surface area (Å²) in [6.45, 7) is 4.64. The fourth-order valence-electron chi connectivity index (χ4n) is 2.08. The molecule has 2 N–H and O–H groups in total. The first-order valence-electron chi connectivity index (χ1n) is 7.86. The Morgan fingerprint density at radius 2 is 1.68 bits per heavy atom. The molecule has 2 aromatic rings. The van der Waals surface area contributed by atoms with Gasteiger partial charge in [0.15, 0.2) is 11.5 Å². The Bertz CT molecular complexity index is 753. The number of hydrogen-bond acceptors (Lipinski definition) is 4. The normalized spacial score (nSPS) is 10.4. The van der Waals surface area contributed by atoms with E-state index >= 15 is 0 Å². The molecule has 0 bridgehead atoms. The number of ether oxygens (including phenoxy) is 2. The van der Waals surface area contributed by atoms with Gasteiger partial charge in [-0.2, -0.15) is 0 Å². The van der Waals surface area contributed by atoms with E-state index in [-0.39, 0.29) is 11.5 Å². The average Bonchev–Trinajstić information content (AvgIpc) is 2.60. The molecule has 0 unspecified atom stereocenters. The molecule has 0 radical (unpaired) electrons. The van der Waals surface area contributed by atoms with Crippen LogP contribution < -0.4 is 14.8 Å². The van der Waals surface area contributed by atoms with Crippen molar-refractivity contribution >= 4 is 17.6 Å². The monoisotopic (exact) mass is 343 g/mol. The summed E-state index contributed by atoms with van der Waals surface area (Å²) in [5, 5.41) is 11.6. The van der Waals surface area contributed by atoms with Crippen molar-refractivity contribution in [3.63, 3.8) is 0 Å². The van der Waals surface area contributed by atoms with Gasteiger partial charge in [-0.3, -0.25) is 4.79 Å². The van der Waals surface area contributed by atoms with Gasteiger partial charge in [0.1, 0.15) is 0 Å². The van der Waals surface area contributed by atoms with Gasteiger partial charge in [0, 0.05) is 11.3 Å². The molecule has 0 aliphatic rings. The summed E-state index contributed by atoms with van der Waals surface area (Å²) in [4.78, 5) is 23.2. The second kappa shape index (κ2) is 8.19. The SMILES string of the molecule is COc1cc(C(=O)Nc2ccc(C(=O)O)cc2)ccc1OCC(C)C. The lowest BCUT2D eigenvalue weighted by molar-refractivity contribution is 0.0696. The van der Waals surface area contributed by atoms with Gasteiger partial charge in [0.2, 0.25) is 0 Å². The Hall–Kier alpha value is -3.02. The molecule has 132 valence electrons. The number of hydrogen-bond donors (Lipinski definition) is 2. The van der Waals surface area contributed by atoms with Crippen molar-refractivity contribution < 1.29 is 24.2 Å². The van der Waals surface area contributed by atoms with E-state index in [4.69, 9.17) is 14.6 Å². The van der Waals surface area contributed by atoms with Gasteiger partial charge >= 0.3 is 5.97 Å². The van der Waals surface area contributed by atoms with Crippen LogP contribution in [0.5, 0.6) is 11.5 Å². The van der Waals surface area contributed by atoms with Crippen molar-refractivity contribution in [3.05, 3.63) is 53.6 Å². The van der Waals surface area contributed by atoms with Crippen LogP contribution in [-0.4, -0.2) is 30.7 Å². The smallest absolute Gasteiger partial charge is 0.335 e. The number of benzene rings is 2. The van der Waals surface area contributed by atoms with Crippen molar-refractivity contribution in [2.45, 2.75) is 13.8 Å². The number of anilines is 1. The lowest BCUT2D eigenvalue weighted by Crippen LogP contribution is -2.12. The van der Waals surface area contributed by atoms with Gasteiger partial charge < -0.3 is 19.9 Å². The predicted octanol–water partition coefficient (Wildman–Crippen LogP) is 3.68. The number of carboxylic acid groups (broad SMARTS) is 1. The van der Waals surface area contributed by atoms with Crippen LogP contribution in [0.1, 0.15) is 34.6 Å². The summed E-state index contributed by atoms with van der Waals surface area (Å²) in [5.74, 6) is 0.103. The zero-order chi connectivity index (χ0) is 18.4. The zero-order valence-corrected chi connectivity index (χ0v) is 14.4. The minimum Gasteiger partial charge on any atom is -0.493 e. The van der Waals surface area contributed by atoms with Gasteiger partial charge in [0.05, 0.1) is 19.3 Å². The second-order valence-electron chi connectivity index (χ2n) is 5.91. The fraction of sp³-hybridized carbons (Fsp3) is 0.263. The summed E-state index contributed by atoms with van der Waals surface area (Å²) in [6, 6.07) is 10.9. The summed E-state index contributed by atoms with van der Waals surface area (Å²) < 4.78 is 11.0. The number of carbonyl (C=O) groups excluding carboxylic acids is 1. The highest BCUT2D eigenvalue weighted by Gasteiger charge is 2.12. The first-order valence-corrected chi connectivity index (χ1v) is 7.86. The van der Waals surface area contributed by atoms with E-state index in [1.807, 2.05) is 13.8 Å². The third kappa shape index (κ3) is 4.97. The number of rotatable bonds is 7. The van der Waals surface area contributed by atoms with Crippen LogP contribution in [0, 0.1) is 5.92 Å². The molecule has 0 saturated carbocycles. The minimum absolute atomic E-state index is 0.159. The molecular weight excluding hydrogens is 322 g/mol. The molecular formula is C19H21NO5. The Morgan fingerprint density at radius 3 is 2.24 bits per heavy atom. The maximum Gasteiger partial charge on any atom is 0.335 e. The fourth-order valence-corrected chi connectivity index (χ4v) is 2.08. The molecule has 0 saturated heterocycles. The van der Waals surface area contributed by atoms with Gasteiger partial charge in [0.25, 0.3) is 5.91 Å². The largest absolute Gasteiger partial charge is 0.493 e. The minimum atomic E-state index is -1.01. The van der Waals surface area contributed by atoms with Crippen molar-refractivity contribution in [2.75, 3.05) is 19.0 Å². The van der Waals surface area contributed by atoms with Crippen LogP contribution in [0.4, 0.5) is 5.69 Å². The zero-order valence-electron chi connectivity index (χ0n) is 14.4. The first-order chi connectivity index (χ1) is 11.9. The lowest BCUT2D eigenvalue weighted by Gasteiger charge is -2.13. The summed E-state index contributed by atoms with van der Waals surface area (Å²) in [6.07, 6.45) is 0. The number of carbonyl (C=O) groups is 2. The number of carboxylic acids is 1. The van der Waals surface area contributed by atoms with E-state index in [1.165, 1.54) is 19.2 Å². The summed E-state index contributed by atoms with van der Waals surface area (Å²) in [7, 11) is 1.52. The van der Waals surface area contributed by atoms with Crippen molar-refractivity contribution in [2.24, 2.45) is 5.92 Å². The molecule has 1 amide bonds. The topological polar surface area (TPSA) is 84.9 Å². The van der Waals surface area contributed by atoms with Gasteiger partial charge in [-0.25, -0.2) is 4.79 Å². The Balaban J connectivity index is 2.11. The van der Waals surface area contributed by atoms with E-state index in [1.54, 1.807) is 30.3 Å². The van der Waals surface area contributed by atoms with Gasteiger partial charge in [-0.1, -0.05) is 13.8 Å². The third-order valence-electron chi connectivity index (χ3n) is 3.39. The lowest BCUT2D eigenvalue weighted by atomic mass is 10.1. The number of aromatic carboxylic acids is 1. The molecule has 0 aliphatic carbocycles. The van der Waals surface area contributed by atoms with E-state index < -0.39 is 5.97 Å². The van der Waals surface area contributed by atoms with Crippen molar-refractivity contribution in [1.29, 1.82) is 0 Å². The van der Waals surface area contributed by atoms with E-state index in [2.05, 4.69) is 5.32 Å². The van der Waals surface area contributed by atoms with Crippen LogP contribution in [0.3, 0.4) is 0 Å². The molecule has 0 atom stereocenters.